The second kappa shape index (κ2) is 6.39. The predicted molar refractivity (Wildman–Crippen MR) is 76.6 cm³/mol. The molecule has 1 aliphatic heterocycles. The third-order valence-electron chi connectivity index (χ3n) is 3.46. The fourth-order valence-electron chi connectivity index (χ4n) is 2.31. The van der Waals surface area contributed by atoms with Crippen molar-refractivity contribution in [2.75, 3.05) is 27.3 Å². The molecule has 2 rings (SSSR count). The Hall–Kier alpha value is -1.07. The molecule has 4 nitrogen and oxygen atoms in total. The molecule has 5 heteroatoms. The summed E-state index contributed by atoms with van der Waals surface area (Å²) in [5, 5.41) is 0. The minimum absolute atomic E-state index is 0.0268. The van der Waals surface area contributed by atoms with E-state index in [4.69, 9.17) is 9.47 Å². The summed E-state index contributed by atoms with van der Waals surface area (Å²) in [6, 6.07) is 5.47. The number of halogens is 1. The van der Waals surface area contributed by atoms with Crippen molar-refractivity contribution in [3.8, 4) is 5.75 Å². The van der Waals surface area contributed by atoms with Gasteiger partial charge in [0.05, 0.1) is 18.8 Å². The highest BCUT2D eigenvalue weighted by Gasteiger charge is 2.25. The number of piperidine rings is 1. The number of methoxy groups -OCH3 is 2. The van der Waals surface area contributed by atoms with E-state index in [1.165, 1.54) is 0 Å². The number of carbonyl (C=O) groups excluding carboxylic acids is 1. The number of hydrogen-bond acceptors (Lipinski definition) is 3. The molecule has 0 aromatic heterocycles. The summed E-state index contributed by atoms with van der Waals surface area (Å²) in [7, 11) is 3.30. The van der Waals surface area contributed by atoms with Crippen LogP contribution in [0.4, 0.5) is 0 Å². The molecule has 104 valence electrons. The first-order chi connectivity index (χ1) is 9.15. The van der Waals surface area contributed by atoms with Gasteiger partial charge in [0.25, 0.3) is 5.91 Å². The van der Waals surface area contributed by atoms with Crippen LogP contribution < -0.4 is 4.74 Å². The van der Waals surface area contributed by atoms with Crippen LogP contribution in [0.15, 0.2) is 22.7 Å². The number of benzene rings is 1. The van der Waals surface area contributed by atoms with Gasteiger partial charge in [-0.05, 0) is 31.0 Å². The van der Waals surface area contributed by atoms with Crippen molar-refractivity contribution < 1.29 is 14.3 Å². The molecule has 1 aromatic rings. The highest BCUT2D eigenvalue weighted by molar-refractivity contribution is 9.10. The van der Waals surface area contributed by atoms with Crippen LogP contribution in [0.1, 0.15) is 23.2 Å². The topological polar surface area (TPSA) is 38.8 Å². The molecule has 1 aromatic carbocycles. The maximum absolute atomic E-state index is 12.5. The molecule has 1 fully saturated rings. The van der Waals surface area contributed by atoms with E-state index in [0.29, 0.717) is 11.3 Å². The number of amides is 1. The van der Waals surface area contributed by atoms with Crippen LogP contribution in [0.2, 0.25) is 0 Å². The van der Waals surface area contributed by atoms with Crippen LogP contribution in [0.25, 0.3) is 0 Å². The third kappa shape index (κ3) is 3.28. The largest absolute Gasteiger partial charge is 0.496 e. The SMILES string of the molecule is COc1cc(Br)ccc1C(=O)N1CCC(OC)CC1. The van der Waals surface area contributed by atoms with Crippen LogP contribution in [0, 0.1) is 0 Å². The van der Waals surface area contributed by atoms with Gasteiger partial charge in [-0.15, -0.1) is 0 Å². The number of carbonyl (C=O) groups is 1. The van der Waals surface area contributed by atoms with Crippen molar-refractivity contribution in [2.45, 2.75) is 18.9 Å². The van der Waals surface area contributed by atoms with Crippen molar-refractivity contribution in [2.24, 2.45) is 0 Å². The lowest BCUT2D eigenvalue weighted by Gasteiger charge is -2.31. The van der Waals surface area contributed by atoms with Crippen LogP contribution in [-0.4, -0.2) is 44.2 Å². The second-order valence-electron chi connectivity index (χ2n) is 4.57. The molecule has 0 aliphatic carbocycles. The van der Waals surface area contributed by atoms with Gasteiger partial charge in [0.2, 0.25) is 0 Å². The maximum atomic E-state index is 12.5. The molecule has 0 N–H and O–H groups in total. The van der Waals surface area contributed by atoms with Crippen molar-refractivity contribution in [3.63, 3.8) is 0 Å². The standard InChI is InChI=1S/C14H18BrNO3/c1-18-11-5-7-16(8-6-11)14(17)12-4-3-10(15)9-13(12)19-2/h3-4,9,11H,5-8H2,1-2H3. The Labute approximate surface area is 121 Å². The molecule has 19 heavy (non-hydrogen) atoms. The Bertz CT molecular complexity index is 456. The molecule has 1 saturated heterocycles. The smallest absolute Gasteiger partial charge is 0.257 e. The minimum atomic E-state index is 0.0268. The summed E-state index contributed by atoms with van der Waals surface area (Å²) in [5.41, 5.74) is 0.613. The van der Waals surface area contributed by atoms with E-state index in [1.54, 1.807) is 20.3 Å². The van der Waals surface area contributed by atoms with E-state index in [1.807, 2.05) is 17.0 Å². The molecule has 0 bridgehead atoms. The molecule has 0 radical (unpaired) electrons. The molecule has 1 heterocycles. The van der Waals surface area contributed by atoms with Crippen molar-refractivity contribution in [3.05, 3.63) is 28.2 Å². The van der Waals surface area contributed by atoms with Gasteiger partial charge in [-0.1, -0.05) is 15.9 Å². The number of ether oxygens (including phenoxy) is 2. The van der Waals surface area contributed by atoms with Gasteiger partial charge in [0, 0.05) is 24.7 Å². The van der Waals surface area contributed by atoms with Crippen molar-refractivity contribution in [1.29, 1.82) is 0 Å². The van der Waals surface area contributed by atoms with Crippen LogP contribution in [0.3, 0.4) is 0 Å². The summed E-state index contributed by atoms with van der Waals surface area (Å²) in [6.45, 7) is 1.47. The molecule has 0 saturated carbocycles. The van der Waals surface area contributed by atoms with E-state index in [0.717, 1.165) is 30.4 Å². The maximum Gasteiger partial charge on any atom is 0.257 e. The first kappa shape index (κ1) is 14.3. The molecule has 1 amide bonds. The minimum Gasteiger partial charge on any atom is -0.496 e. The van der Waals surface area contributed by atoms with Gasteiger partial charge in [0.15, 0.2) is 0 Å². The van der Waals surface area contributed by atoms with E-state index in [9.17, 15) is 4.79 Å². The Balaban J connectivity index is 2.12. The van der Waals surface area contributed by atoms with E-state index < -0.39 is 0 Å². The van der Waals surface area contributed by atoms with Gasteiger partial charge < -0.3 is 14.4 Å². The number of hydrogen-bond donors (Lipinski definition) is 0. The van der Waals surface area contributed by atoms with Gasteiger partial charge in [-0.25, -0.2) is 0 Å². The summed E-state index contributed by atoms with van der Waals surface area (Å²) in [6.07, 6.45) is 2.05. The van der Waals surface area contributed by atoms with Crippen LogP contribution >= 0.6 is 15.9 Å². The zero-order valence-electron chi connectivity index (χ0n) is 11.2. The highest BCUT2D eigenvalue weighted by atomic mass is 79.9. The summed E-state index contributed by atoms with van der Waals surface area (Å²) in [5.74, 6) is 0.632. The molecular weight excluding hydrogens is 310 g/mol. The fraction of sp³-hybridized carbons (Fsp3) is 0.500. The summed E-state index contributed by atoms with van der Waals surface area (Å²) >= 11 is 3.38. The lowest BCUT2D eigenvalue weighted by molar-refractivity contribution is 0.0349. The van der Waals surface area contributed by atoms with Gasteiger partial charge in [0.1, 0.15) is 5.75 Å². The van der Waals surface area contributed by atoms with Gasteiger partial charge >= 0.3 is 0 Å². The first-order valence-corrected chi connectivity index (χ1v) is 7.10. The summed E-state index contributed by atoms with van der Waals surface area (Å²) < 4.78 is 11.5. The molecule has 0 spiro atoms. The van der Waals surface area contributed by atoms with Gasteiger partial charge in [-0.3, -0.25) is 4.79 Å². The monoisotopic (exact) mass is 327 g/mol. The zero-order valence-corrected chi connectivity index (χ0v) is 12.8. The van der Waals surface area contributed by atoms with E-state index in [-0.39, 0.29) is 12.0 Å². The van der Waals surface area contributed by atoms with Crippen LogP contribution in [-0.2, 0) is 4.74 Å². The average Bonchev–Trinajstić information content (AvgIpc) is 2.46. The average molecular weight is 328 g/mol. The lowest BCUT2D eigenvalue weighted by Crippen LogP contribution is -2.40. The third-order valence-corrected chi connectivity index (χ3v) is 3.95. The Morgan fingerprint density at radius 2 is 2.00 bits per heavy atom. The predicted octanol–water partition coefficient (Wildman–Crippen LogP) is 2.71. The Morgan fingerprint density at radius 3 is 2.58 bits per heavy atom. The molecule has 0 unspecified atom stereocenters. The Kier molecular flexibility index (Phi) is 4.82. The highest BCUT2D eigenvalue weighted by Crippen LogP contribution is 2.26. The lowest BCUT2D eigenvalue weighted by atomic mass is 10.1. The summed E-state index contributed by atoms with van der Waals surface area (Å²) in [4.78, 5) is 14.3. The van der Waals surface area contributed by atoms with E-state index in [2.05, 4.69) is 15.9 Å². The van der Waals surface area contributed by atoms with Gasteiger partial charge in [-0.2, -0.15) is 0 Å². The first-order valence-electron chi connectivity index (χ1n) is 6.31. The molecule has 1 aliphatic rings. The quantitative estimate of drug-likeness (QED) is 0.856. The molecular formula is C14H18BrNO3. The second-order valence-corrected chi connectivity index (χ2v) is 5.49. The number of rotatable bonds is 3. The van der Waals surface area contributed by atoms with Crippen LogP contribution in [0.5, 0.6) is 5.75 Å². The van der Waals surface area contributed by atoms with Crippen molar-refractivity contribution >= 4 is 21.8 Å². The van der Waals surface area contributed by atoms with E-state index >= 15 is 0 Å². The molecule has 0 atom stereocenters. The zero-order chi connectivity index (χ0) is 13.8. The Morgan fingerprint density at radius 1 is 1.32 bits per heavy atom. The number of nitrogens with zero attached hydrogens (tertiary/aromatic N) is 1. The normalized spacial score (nSPS) is 16.5. The van der Waals surface area contributed by atoms with Crippen molar-refractivity contribution in [1.82, 2.24) is 4.90 Å². The fourth-order valence-corrected chi connectivity index (χ4v) is 2.65. The number of likely N-dealkylation sites (tertiary alicyclic amines) is 1.